The lowest BCUT2D eigenvalue weighted by Gasteiger charge is -2.21. The molecule has 9 heteroatoms. The molecule has 80 valence electrons. The second-order valence-electron chi connectivity index (χ2n) is 2.16. The Labute approximate surface area is 91.1 Å². The number of carbonyl (C=O) groups excluding carboxylic acids is 2. The second-order valence-corrected chi connectivity index (χ2v) is 2.92. The minimum Gasteiger partial charge on any atom is -0.463 e. The zero-order chi connectivity index (χ0) is 11.3. The number of hydrogen-bond donors (Lipinski definition) is 4. The van der Waals surface area contributed by atoms with E-state index in [1.54, 1.807) is 0 Å². The number of hydrogen-bond acceptors (Lipinski definition) is 5. The van der Waals surface area contributed by atoms with Crippen molar-refractivity contribution in [3.05, 3.63) is 0 Å². The van der Waals surface area contributed by atoms with Crippen LogP contribution in [0.15, 0.2) is 0 Å². The lowest BCUT2D eigenvalue weighted by molar-refractivity contribution is -0.132. The van der Waals surface area contributed by atoms with Crippen molar-refractivity contribution in [2.45, 2.75) is 6.92 Å². The average molecular weight is 239 g/mol. The normalized spacial score (nSPS) is 9.07. The van der Waals surface area contributed by atoms with Gasteiger partial charge in [-0.25, -0.2) is 4.79 Å². The van der Waals surface area contributed by atoms with Gasteiger partial charge in [0.25, 0.3) is 5.91 Å². The van der Waals surface area contributed by atoms with Gasteiger partial charge in [-0.05, 0) is 25.6 Å². The minimum atomic E-state index is -1.46. The van der Waals surface area contributed by atoms with Crippen molar-refractivity contribution in [1.29, 1.82) is 0 Å². The molecular weight excluding hydrogens is 230 g/mol. The van der Waals surface area contributed by atoms with E-state index in [1.807, 2.05) is 0 Å². The highest BCUT2D eigenvalue weighted by atomic mass is 32.1. The molecule has 0 atom stereocenters. The highest BCUT2D eigenvalue weighted by molar-refractivity contribution is 7.81. The molecule has 0 aromatic rings. The fourth-order valence-corrected chi connectivity index (χ4v) is 0.704. The van der Waals surface area contributed by atoms with Crippen LogP contribution in [-0.4, -0.2) is 38.4 Å². The summed E-state index contributed by atoms with van der Waals surface area (Å²) < 4.78 is 0.745. The Morgan fingerprint density at radius 2 is 1.79 bits per heavy atom. The number of nitrogens with zero attached hydrogens (tertiary/aromatic N) is 2. The zero-order valence-corrected chi connectivity index (χ0v) is 8.96. The lowest BCUT2D eigenvalue weighted by Crippen LogP contribution is -2.42. The summed E-state index contributed by atoms with van der Waals surface area (Å²) in [5, 5.41) is 10.6. The first-order valence-electron chi connectivity index (χ1n) is 3.34. The summed E-state index contributed by atoms with van der Waals surface area (Å²) in [6.07, 6.45) is -1.46. The first-order valence-corrected chi connectivity index (χ1v) is 4.14. The molecular formula is C5H9N3O4S2. The predicted octanol–water partition coefficient (Wildman–Crippen LogP) is -0.464. The Balaban J connectivity index is 4.11. The molecule has 0 radical (unpaired) electrons. The first-order chi connectivity index (χ1) is 6.36. The average Bonchev–Trinajstić information content (AvgIpc) is 2.11. The van der Waals surface area contributed by atoms with E-state index in [0.717, 1.165) is 0 Å². The third kappa shape index (κ3) is 4.23. The van der Waals surface area contributed by atoms with Crippen LogP contribution in [0.3, 0.4) is 0 Å². The van der Waals surface area contributed by atoms with Gasteiger partial charge in [-0.1, -0.05) is 0 Å². The van der Waals surface area contributed by atoms with Gasteiger partial charge in [0.05, 0.1) is 6.54 Å². The molecule has 2 N–H and O–H groups in total. The highest BCUT2D eigenvalue weighted by Crippen LogP contribution is 2.05. The van der Waals surface area contributed by atoms with E-state index in [1.165, 1.54) is 6.92 Å². The predicted molar refractivity (Wildman–Crippen MR) is 53.4 cm³/mol. The van der Waals surface area contributed by atoms with Crippen LogP contribution in [0, 0.1) is 0 Å². The smallest absolute Gasteiger partial charge is 0.437 e. The van der Waals surface area contributed by atoms with Crippen LogP contribution >= 0.6 is 25.6 Å². The Hall–Kier alpha value is -1.09. The molecule has 0 heterocycles. The van der Waals surface area contributed by atoms with Crippen molar-refractivity contribution >= 4 is 43.5 Å². The molecule has 0 rings (SSSR count). The van der Waals surface area contributed by atoms with Gasteiger partial charge in [0, 0.05) is 6.92 Å². The molecule has 0 bridgehead atoms. The van der Waals surface area contributed by atoms with Gasteiger partial charge in [0.2, 0.25) is 5.91 Å². The van der Waals surface area contributed by atoms with Gasteiger partial charge >= 0.3 is 6.09 Å². The van der Waals surface area contributed by atoms with Gasteiger partial charge in [-0.3, -0.25) is 9.59 Å². The number of nitrogens with one attached hydrogen (secondary N) is 1. The molecule has 0 aliphatic rings. The number of rotatable bonds is 2. The van der Waals surface area contributed by atoms with Crippen LogP contribution in [-0.2, 0) is 9.59 Å². The molecule has 0 aromatic carbocycles. The summed E-state index contributed by atoms with van der Waals surface area (Å²) in [5.74, 6) is -1.12. The van der Waals surface area contributed by atoms with Crippen LogP contribution in [0.1, 0.15) is 6.92 Å². The van der Waals surface area contributed by atoms with Gasteiger partial charge in [0.1, 0.15) is 0 Å². The van der Waals surface area contributed by atoms with Gasteiger partial charge in [-0.15, -0.1) is 4.41 Å². The number of hydrazine groups is 1. The molecule has 7 nitrogen and oxygen atoms in total. The molecule has 0 aliphatic carbocycles. The number of carbonyl (C=O) groups is 3. The maximum absolute atomic E-state index is 11.1. The summed E-state index contributed by atoms with van der Waals surface area (Å²) in [4.78, 5) is 31.8. The third-order valence-electron chi connectivity index (χ3n) is 1.06. The summed E-state index contributed by atoms with van der Waals surface area (Å²) >= 11 is 7.02. The Morgan fingerprint density at radius 3 is 2.14 bits per heavy atom. The fourth-order valence-electron chi connectivity index (χ4n) is 0.457. The Morgan fingerprint density at radius 1 is 1.29 bits per heavy atom. The fraction of sp³-hybridized carbons (Fsp3) is 0.400. The Bertz CT molecular complexity index is 259. The van der Waals surface area contributed by atoms with E-state index < -0.39 is 17.9 Å². The van der Waals surface area contributed by atoms with Gasteiger partial charge < -0.3 is 10.4 Å². The summed E-state index contributed by atoms with van der Waals surface area (Å²) in [6.45, 7) is 0.884. The topological polar surface area (TPSA) is 90.0 Å². The molecule has 0 aliphatic heterocycles. The standard InChI is InChI=1S/C5H9N3O4S2/c1-3(9)6-2-4(10)7(13)8(14)5(11)12/h13-14H,2H2,1H3,(H,6,9)(H,11,12). The third-order valence-corrected chi connectivity index (χ3v) is 1.96. The molecule has 0 aromatic heterocycles. The molecule has 14 heavy (non-hydrogen) atoms. The van der Waals surface area contributed by atoms with Crippen molar-refractivity contribution < 1.29 is 19.5 Å². The summed E-state index contributed by atoms with van der Waals surface area (Å²) in [5.41, 5.74) is 0. The van der Waals surface area contributed by atoms with E-state index in [4.69, 9.17) is 5.11 Å². The first kappa shape index (κ1) is 12.9. The minimum absolute atomic E-state index is 0.285. The van der Waals surface area contributed by atoms with Crippen LogP contribution in [0.25, 0.3) is 0 Å². The van der Waals surface area contributed by atoms with E-state index in [-0.39, 0.29) is 11.0 Å². The zero-order valence-electron chi connectivity index (χ0n) is 7.17. The van der Waals surface area contributed by atoms with Crippen LogP contribution in [0.4, 0.5) is 4.79 Å². The van der Waals surface area contributed by atoms with Crippen LogP contribution < -0.4 is 5.32 Å². The second kappa shape index (κ2) is 5.60. The molecule has 0 saturated heterocycles. The highest BCUT2D eigenvalue weighted by Gasteiger charge is 2.19. The monoisotopic (exact) mass is 239 g/mol. The molecule has 0 fully saturated rings. The van der Waals surface area contributed by atoms with Crippen LogP contribution in [0.5, 0.6) is 0 Å². The van der Waals surface area contributed by atoms with E-state index in [9.17, 15) is 14.4 Å². The van der Waals surface area contributed by atoms with E-state index >= 15 is 0 Å². The van der Waals surface area contributed by atoms with Crippen molar-refractivity contribution in [2.75, 3.05) is 6.54 Å². The van der Waals surface area contributed by atoms with Crippen LogP contribution in [0.2, 0.25) is 0 Å². The quantitative estimate of drug-likeness (QED) is 0.387. The largest absolute Gasteiger partial charge is 0.463 e. The molecule has 0 saturated carbocycles. The molecule has 3 amide bonds. The maximum atomic E-state index is 11.1. The van der Waals surface area contributed by atoms with Crippen molar-refractivity contribution in [3.63, 3.8) is 0 Å². The van der Waals surface area contributed by atoms with Gasteiger partial charge in [-0.2, -0.15) is 4.41 Å². The number of thiol groups is 2. The van der Waals surface area contributed by atoms with E-state index in [2.05, 4.69) is 30.9 Å². The van der Waals surface area contributed by atoms with E-state index in [0.29, 0.717) is 4.41 Å². The SMILES string of the molecule is CC(=O)NCC(=O)N(S)N(S)C(=O)O. The number of amides is 3. The Kier molecular flexibility index (Phi) is 5.16. The summed E-state index contributed by atoms with van der Waals surface area (Å²) in [7, 11) is 0. The van der Waals surface area contributed by atoms with Gasteiger partial charge in [0.15, 0.2) is 0 Å². The number of carboxylic acid groups (broad SMARTS) is 1. The summed E-state index contributed by atoms with van der Waals surface area (Å²) in [6, 6.07) is 0. The van der Waals surface area contributed by atoms with Crippen molar-refractivity contribution in [1.82, 2.24) is 14.1 Å². The molecule has 0 spiro atoms. The lowest BCUT2D eigenvalue weighted by atomic mass is 10.5. The van der Waals surface area contributed by atoms with Crippen molar-refractivity contribution in [2.24, 2.45) is 0 Å². The van der Waals surface area contributed by atoms with Crippen molar-refractivity contribution in [3.8, 4) is 0 Å². The maximum Gasteiger partial charge on any atom is 0.437 e. The molecule has 0 unspecified atom stereocenters.